The highest BCUT2D eigenvalue weighted by Gasteiger charge is 2.14. The molecule has 170 valence electrons. The van der Waals surface area contributed by atoms with Crippen LogP contribution in [0.4, 0.5) is 10.2 Å². The van der Waals surface area contributed by atoms with Gasteiger partial charge in [-0.15, -0.1) is 0 Å². The summed E-state index contributed by atoms with van der Waals surface area (Å²) in [6.45, 7) is 6.52. The lowest BCUT2D eigenvalue weighted by Crippen LogP contribution is -2.14. The average molecular weight is 486 g/mol. The van der Waals surface area contributed by atoms with E-state index in [9.17, 15) is 9.18 Å². The summed E-state index contributed by atoms with van der Waals surface area (Å²) in [5.74, 6) is -0.240. The molecule has 6 nitrogen and oxygen atoms in total. The van der Waals surface area contributed by atoms with E-state index in [2.05, 4.69) is 15.5 Å². The minimum Gasteiger partial charge on any atom is -0.305 e. The van der Waals surface area contributed by atoms with Crippen LogP contribution in [0, 0.1) is 26.6 Å². The molecule has 0 bridgehead atoms. The van der Waals surface area contributed by atoms with E-state index in [0.29, 0.717) is 34.5 Å². The summed E-state index contributed by atoms with van der Waals surface area (Å²) < 4.78 is 16.8. The number of hydrogen-bond donors (Lipinski definition) is 1. The summed E-state index contributed by atoms with van der Waals surface area (Å²) in [6, 6.07) is 13.4. The van der Waals surface area contributed by atoms with E-state index in [0.717, 1.165) is 28.2 Å². The zero-order valence-corrected chi connectivity index (χ0v) is 19.9. The third kappa shape index (κ3) is 5.10. The van der Waals surface area contributed by atoms with Crippen LogP contribution in [0.1, 0.15) is 38.6 Å². The maximum atomic E-state index is 13.3. The molecular formula is C24H22Cl2FN5O. The van der Waals surface area contributed by atoms with Crippen molar-refractivity contribution in [2.75, 3.05) is 5.32 Å². The standard InChI is InChI=1S/C24H22Cl2FN5O/c1-14-9-22(30-31(14)13-19-7-8-20(27)11-21(19)25)28-24(33)18-6-4-5-17(10-18)12-32-16(3)23(26)15(2)29-32/h4-11H,12-13H2,1-3H3,(H,28,30,33). The molecule has 9 heteroatoms. The fraction of sp³-hybridized carbons (Fsp3) is 0.208. The lowest BCUT2D eigenvalue weighted by molar-refractivity contribution is 0.102. The van der Waals surface area contributed by atoms with Gasteiger partial charge in [0.1, 0.15) is 5.82 Å². The summed E-state index contributed by atoms with van der Waals surface area (Å²) >= 11 is 12.4. The molecule has 33 heavy (non-hydrogen) atoms. The predicted molar refractivity (Wildman–Crippen MR) is 128 cm³/mol. The Bertz CT molecular complexity index is 1340. The van der Waals surface area contributed by atoms with E-state index >= 15 is 0 Å². The number of carbonyl (C=O) groups is 1. The summed E-state index contributed by atoms with van der Waals surface area (Å²) in [6.07, 6.45) is 0. The summed E-state index contributed by atoms with van der Waals surface area (Å²) in [4.78, 5) is 12.8. The molecule has 2 aromatic heterocycles. The van der Waals surface area contributed by atoms with Gasteiger partial charge in [0.15, 0.2) is 5.82 Å². The van der Waals surface area contributed by atoms with Gasteiger partial charge < -0.3 is 5.32 Å². The number of amides is 1. The molecule has 0 atom stereocenters. The Morgan fingerprint density at radius 2 is 1.79 bits per heavy atom. The molecule has 0 aliphatic carbocycles. The number of hydrogen-bond acceptors (Lipinski definition) is 3. The molecule has 0 unspecified atom stereocenters. The molecule has 0 spiro atoms. The van der Waals surface area contributed by atoms with Gasteiger partial charge in [-0.1, -0.05) is 41.4 Å². The number of nitrogens with zero attached hydrogens (tertiary/aromatic N) is 4. The lowest BCUT2D eigenvalue weighted by atomic mass is 10.1. The van der Waals surface area contributed by atoms with Crippen molar-refractivity contribution in [3.63, 3.8) is 0 Å². The van der Waals surface area contributed by atoms with Crippen molar-refractivity contribution in [1.82, 2.24) is 19.6 Å². The smallest absolute Gasteiger partial charge is 0.256 e. The second-order valence-electron chi connectivity index (χ2n) is 7.86. The van der Waals surface area contributed by atoms with Crippen LogP contribution in [0.3, 0.4) is 0 Å². The van der Waals surface area contributed by atoms with Crippen LogP contribution < -0.4 is 5.32 Å². The van der Waals surface area contributed by atoms with Crippen molar-refractivity contribution in [2.45, 2.75) is 33.9 Å². The highest BCUT2D eigenvalue weighted by atomic mass is 35.5. The zero-order chi connectivity index (χ0) is 23.7. The van der Waals surface area contributed by atoms with Crippen LogP contribution in [-0.4, -0.2) is 25.5 Å². The SMILES string of the molecule is Cc1nn(Cc2cccc(C(=O)Nc3cc(C)n(Cc4ccc(F)cc4Cl)n3)c2)c(C)c1Cl. The normalized spacial score (nSPS) is 11.1. The first-order chi connectivity index (χ1) is 15.7. The molecule has 1 amide bonds. The van der Waals surface area contributed by atoms with Crippen molar-refractivity contribution in [1.29, 1.82) is 0 Å². The van der Waals surface area contributed by atoms with Gasteiger partial charge in [-0.25, -0.2) is 4.39 Å². The van der Waals surface area contributed by atoms with Gasteiger partial charge in [0.05, 0.1) is 29.5 Å². The zero-order valence-electron chi connectivity index (χ0n) is 18.4. The second-order valence-corrected chi connectivity index (χ2v) is 8.65. The molecule has 0 saturated heterocycles. The molecule has 0 aliphatic rings. The number of halogens is 3. The number of nitrogens with one attached hydrogen (secondary N) is 1. The van der Waals surface area contributed by atoms with Gasteiger partial charge in [0.25, 0.3) is 5.91 Å². The number of carbonyl (C=O) groups excluding carboxylic acids is 1. The Hall–Kier alpha value is -3.16. The van der Waals surface area contributed by atoms with Crippen LogP contribution in [0.5, 0.6) is 0 Å². The largest absolute Gasteiger partial charge is 0.305 e. The van der Waals surface area contributed by atoms with Gasteiger partial charge in [0.2, 0.25) is 0 Å². The number of rotatable bonds is 6. The van der Waals surface area contributed by atoms with Crippen LogP contribution >= 0.6 is 23.2 Å². The first kappa shape index (κ1) is 23.0. The highest BCUT2D eigenvalue weighted by Crippen LogP contribution is 2.21. The first-order valence-corrected chi connectivity index (χ1v) is 11.0. The van der Waals surface area contributed by atoms with Gasteiger partial charge in [0, 0.05) is 22.3 Å². The summed E-state index contributed by atoms with van der Waals surface area (Å²) in [7, 11) is 0. The van der Waals surface area contributed by atoms with Gasteiger partial charge in [-0.3, -0.25) is 14.2 Å². The van der Waals surface area contributed by atoms with Crippen LogP contribution in [0.15, 0.2) is 48.5 Å². The van der Waals surface area contributed by atoms with Gasteiger partial charge in [-0.2, -0.15) is 10.2 Å². The first-order valence-electron chi connectivity index (χ1n) is 10.3. The third-order valence-corrected chi connectivity index (χ3v) is 6.27. The molecule has 0 fully saturated rings. The molecule has 0 radical (unpaired) electrons. The predicted octanol–water partition coefficient (Wildman–Crippen LogP) is 5.80. The van der Waals surface area contributed by atoms with Crippen LogP contribution in [0.2, 0.25) is 10.0 Å². The molecular weight excluding hydrogens is 464 g/mol. The minimum absolute atomic E-state index is 0.271. The van der Waals surface area contributed by atoms with Gasteiger partial charge in [-0.05, 0) is 56.2 Å². The maximum absolute atomic E-state index is 13.3. The van der Waals surface area contributed by atoms with E-state index in [4.69, 9.17) is 23.2 Å². The highest BCUT2D eigenvalue weighted by molar-refractivity contribution is 6.32. The fourth-order valence-corrected chi connectivity index (χ4v) is 3.91. The van der Waals surface area contributed by atoms with Crippen molar-refractivity contribution >= 4 is 34.9 Å². The van der Waals surface area contributed by atoms with Crippen molar-refractivity contribution in [3.8, 4) is 0 Å². The molecule has 1 N–H and O–H groups in total. The van der Waals surface area contributed by atoms with Crippen molar-refractivity contribution in [3.05, 3.63) is 98.2 Å². The molecule has 2 heterocycles. The monoisotopic (exact) mass is 485 g/mol. The number of aryl methyl sites for hydroxylation is 2. The topological polar surface area (TPSA) is 64.7 Å². The molecule has 2 aromatic carbocycles. The molecule has 0 saturated carbocycles. The average Bonchev–Trinajstić information content (AvgIpc) is 3.23. The minimum atomic E-state index is -0.392. The Morgan fingerprint density at radius 1 is 1.00 bits per heavy atom. The Kier molecular flexibility index (Phi) is 6.54. The van der Waals surface area contributed by atoms with E-state index < -0.39 is 5.82 Å². The van der Waals surface area contributed by atoms with E-state index in [1.54, 1.807) is 22.9 Å². The fourth-order valence-electron chi connectivity index (χ4n) is 3.54. The summed E-state index contributed by atoms with van der Waals surface area (Å²) in [5, 5.41) is 12.7. The Balaban J connectivity index is 1.48. The molecule has 4 aromatic rings. The Labute approximate surface area is 200 Å². The Morgan fingerprint density at radius 3 is 2.48 bits per heavy atom. The van der Waals surface area contributed by atoms with Crippen molar-refractivity contribution < 1.29 is 9.18 Å². The summed E-state index contributed by atoms with van der Waals surface area (Å²) in [5.41, 5.74) is 4.66. The van der Waals surface area contributed by atoms with E-state index in [1.165, 1.54) is 12.1 Å². The van der Waals surface area contributed by atoms with Gasteiger partial charge >= 0.3 is 0 Å². The molecule has 0 aliphatic heterocycles. The lowest BCUT2D eigenvalue weighted by Gasteiger charge is -2.08. The maximum Gasteiger partial charge on any atom is 0.256 e. The number of aromatic nitrogens is 4. The quantitative estimate of drug-likeness (QED) is 0.375. The van der Waals surface area contributed by atoms with E-state index in [-0.39, 0.29) is 5.91 Å². The van der Waals surface area contributed by atoms with E-state index in [1.807, 2.05) is 43.7 Å². The van der Waals surface area contributed by atoms with Crippen molar-refractivity contribution in [2.24, 2.45) is 0 Å². The second kappa shape index (κ2) is 9.37. The van der Waals surface area contributed by atoms with Crippen LogP contribution in [-0.2, 0) is 13.1 Å². The third-order valence-electron chi connectivity index (χ3n) is 5.37. The number of benzene rings is 2. The molecule has 4 rings (SSSR count). The number of anilines is 1. The van der Waals surface area contributed by atoms with Crippen LogP contribution in [0.25, 0.3) is 0 Å².